The third-order valence-electron chi connectivity index (χ3n) is 6.97. The number of carbonyl (C=O) groups is 3. The fraction of sp³-hybridized carbons (Fsp3) is 0.483. The second kappa shape index (κ2) is 11.2. The summed E-state index contributed by atoms with van der Waals surface area (Å²) in [5.74, 6) is -0.240. The highest BCUT2D eigenvalue weighted by molar-refractivity contribution is 8.00. The van der Waals surface area contributed by atoms with E-state index in [1.807, 2.05) is 34.6 Å². The van der Waals surface area contributed by atoms with Gasteiger partial charge in [0.25, 0.3) is 11.8 Å². The summed E-state index contributed by atoms with van der Waals surface area (Å²) in [6.45, 7) is 11.1. The van der Waals surface area contributed by atoms with Crippen molar-refractivity contribution in [2.24, 2.45) is 0 Å². The van der Waals surface area contributed by atoms with Crippen LogP contribution in [0.4, 0.5) is 0 Å². The summed E-state index contributed by atoms with van der Waals surface area (Å²) in [4.78, 5) is 41.8. The minimum absolute atomic E-state index is 0.0411. The summed E-state index contributed by atoms with van der Waals surface area (Å²) < 4.78 is 10.3. The van der Waals surface area contributed by atoms with Crippen LogP contribution in [0.15, 0.2) is 36.4 Å². The van der Waals surface area contributed by atoms with E-state index in [1.54, 1.807) is 37.3 Å². The lowest BCUT2D eigenvalue weighted by molar-refractivity contribution is -0.147. The summed E-state index contributed by atoms with van der Waals surface area (Å²) in [7, 11) is 0. The standard InChI is InChI=1S/C29H37N3O7S/c1-16-18(8-7-9-20(16)33)25(35)30-19(12-17-10-11-21-22(13-17)39-15-38-21)23(34)27(37)32-14-40-29(5,6)24(32)26(36)31-28(2,3)4/h7-11,13,19,23-24,33-34H,12,14-15H2,1-6H3,(H,30,35)(H,31,36)/t19-,23-,24+/m0/s1. The zero-order valence-electron chi connectivity index (χ0n) is 23.6. The molecule has 2 aromatic carbocycles. The lowest BCUT2D eigenvalue weighted by atomic mass is 9.96. The van der Waals surface area contributed by atoms with Gasteiger partial charge in [0.2, 0.25) is 12.7 Å². The van der Waals surface area contributed by atoms with Gasteiger partial charge in [0, 0.05) is 21.4 Å². The number of rotatable bonds is 7. The number of hydrogen-bond donors (Lipinski definition) is 4. The van der Waals surface area contributed by atoms with E-state index in [9.17, 15) is 24.6 Å². The predicted octanol–water partition coefficient (Wildman–Crippen LogP) is 2.73. The molecule has 4 N–H and O–H groups in total. The van der Waals surface area contributed by atoms with Gasteiger partial charge in [0.15, 0.2) is 17.6 Å². The highest BCUT2D eigenvalue weighted by Gasteiger charge is 2.50. The number of fused-ring (bicyclic) bond motifs is 1. The first kappa shape index (κ1) is 29.5. The van der Waals surface area contributed by atoms with Crippen molar-refractivity contribution in [3.05, 3.63) is 53.1 Å². The minimum atomic E-state index is -1.66. The predicted molar refractivity (Wildman–Crippen MR) is 151 cm³/mol. The SMILES string of the molecule is Cc1c(O)cccc1C(=O)N[C@@H](Cc1ccc2c(c1)OCO2)[C@H](O)C(=O)N1CSC(C)(C)[C@H]1C(=O)NC(C)(C)C. The van der Waals surface area contributed by atoms with E-state index in [1.165, 1.54) is 22.7 Å². The first-order valence-electron chi connectivity index (χ1n) is 13.1. The topological polar surface area (TPSA) is 137 Å². The third-order valence-corrected chi connectivity index (χ3v) is 8.34. The summed E-state index contributed by atoms with van der Waals surface area (Å²) in [5.41, 5.74) is 0.782. The number of nitrogens with zero attached hydrogens (tertiary/aromatic N) is 1. The van der Waals surface area contributed by atoms with E-state index in [-0.39, 0.29) is 36.3 Å². The molecule has 10 nitrogen and oxygen atoms in total. The molecular weight excluding hydrogens is 534 g/mol. The van der Waals surface area contributed by atoms with Crippen molar-refractivity contribution in [2.45, 2.75) is 76.4 Å². The van der Waals surface area contributed by atoms with E-state index in [4.69, 9.17) is 9.47 Å². The normalized spacial score (nSPS) is 19.2. The summed E-state index contributed by atoms with van der Waals surface area (Å²) >= 11 is 1.45. The first-order valence-corrected chi connectivity index (χ1v) is 14.1. The Hall–Kier alpha value is -3.44. The Labute approximate surface area is 238 Å². The molecule has 1 saturated heterocycles. The first-order chi connectivity index (χ1) is 18.7. The van der Waals surface area contributed by atoms with E-state index in [2.05, 4.69) is 10.6 Å². The molecule has 216 valence electrons. The van der Waals surface area contributed by atoms with Gasteiger partial charge in [-0.05, 0) is 77.8 Å². The highest BCUT2D eigenvalue weighted by atomic mass is 32.2. The maximum atomic E-state index is 13.8. The van der Waals surface area contributed by atoms with Crippen molar-refractivity contribution in [3.8, 4) is 17.2 Å². The van der Waals surface area contributed by atoms with E-state index in [0.29, 0.717) is 22.6 Å². The van der Waals surface area contributed by atoms with Gasteiger partial charge in [-0.25, -0.2) is 0 Å². The van der Waals surface area contributed by atoms with E-state index >= 15 is 0 Å². The monoisotopic (exact) mass is 571 g/mol. The average Bonchev–Trinajstić information content (AvgIpc) is 3.46. The van der Waals surface area contributed by atoms with Gasteiger partial charge in [-0.3, -0.25) is 14.4 Å². The Morgan fingerprint density at radius 1 is 1.15 bits per heavy atom. The lowest BCUT2D eigenvalue weighted by Gasteiger charge is -2.35. The Bertz CT molecular complexity index is 1310. The molecule has 0 aromatic heterocycles. The Balaban J connectivity index is 1.63. The van der Waals surface area contributed by atoms with E-state index in [0.717, 1.165) is 0 Å². The summed E-state index contributed by atoms with van der Waals surface area (Å²) in [5, 5.41) is 27.3. The molecule has 4 rings (SSSR count). The molecule has 2 heterocycles. The van der Waals surface area contributed by atoms with Gasteiger partial charge in [-0.1, -0.05) is 12.1 Å². The Kier molecular flexibility index (Phi) is 8.28. The number of amides is 3. The second-order valence-corrected chi connectivity index (χ2v) is 13.3. The number of phenolic OH excluding ortho intramolecular Hbond substituents is 1. The van der Waals surface area contributed by atoms with Crippen LogP contribution in [0, 0.1) is 6.92 Å². The molecule has 2 aliphatic rings. The lowest BCUT2D eigenvalue weighted by Crippen LogP contribution is -2.60. The maximum Gasteiger partial charge on any atom is 0.254 e. The molecule has 11 heteroatoms. The number of hydrogen-bond acceptors (Lipinski definition) is 8. The second-order valence-electron chi connectivity index (χ2n) is 11.7. The van der Waals surface area contributed by atoms with Gasteiger partial charge in [0.05, 0.1) is 11.9 Å². The fourth-order valence-electron chi connectivity index (χ4n) is 4.87. The molecule has 3 amide bonds. The van der Waals surface area contributed by atoms with Crippen LogP contribution >= 0.6 is 11.8 Å². The Morgan fingerprint density at radius 2 is 1.85 bits per heavy atom. The zero-order valence-corrected chi connectivity index (χ0v) is 24.4. The molecule has 40 heavy (non-hydrogen) atoms. The maximum absolute atomic E-state index is 13.8. The number of thioether (sulfide) groups is 1. The average molecular weight is 572 g/mol. The van der Waals surface area contributed by atoms with Gasteiger partial charge in [-0.2, -0.15) is 0 Å². The van der Waals surface area contributed by atoms with Gasteiger partial charge in [0.1, 0.15) is 11.8 Å². The molecule has 0 spiro atoms. The molecule has 0 bridgehead atoms. The summed E-state index contributed by atoms with van der Waals surface area (Å²) in [6, 6.07) is 7.96. The van der Waals surface area contributed by atoms with Crippen molar-refractivity contribution >= 4 is 29.5 Å². The van der Waals surface area contributed by atoms with Crippen molar-refractivity contribution < 1.29 is 34.1 Å². The minimum Gasteiger partial charge on any atom is -0.508 e. The van der Waals surface area contributed by atoms with Crippen LogP contribution in [0.3, 0.4) is 0 Å². The molecule has 0 saturated carbocycles. The van der Waals surface area contributed by atoms with Crippen molar-refractivity contribution in [1.29, 1.82) is 0 Å². The summed E-state index contributed by atoms with van der Waals surface area (Å²) in [6.07, 6.45) is -1.57. The number of aromatic hydroxyl groups is 1. The van der Waals surface area contributed by atoms with Crippen molar-refractivity contribution in [2.75, 3.05) is 12.7 Å². The number of benzene rings is 2. The molecule has 0 radical (unpaired) electrons. The zero-order chi connectivity index (χ0) is 29.4. The largest absolute Gasteiger partial charge is 0.508 e. The third kappa shape index (κ3) is 6.31. The quantitative estimate of drug-likeness (QED) is 0.398. The molecule has 2 aliphatic heterocycles. The van der Waals surface area contributed by atoms with Gasteiger partial charge < -0.3 is 35.2 Å². The molecule has 3 atom stereocenters. The van der Waals surface area contributed by atoms with Crippen LogP contribution in [0.1, 0.15) is 56.1 Å². The number of nitrogens with one attached hydrogen (secondary N) is 2. The number of aliphatic hydroxyl groups excluding tert-OH is 1. The molecule has 1 fully saturated rings. The smallest absolute Gasteiger partial charge is 0.254 e. The molecular formula is C29H37N3O7S. The van der Waals surface area contributed by atoms with Crippen LogP contribution in [-0.4, -0.2) is 74.0 Å². The molecule has 0 aliphatic carbocycles. The van der Waals surface area contributed by atoms with Crippen LogP contribution < -0.4 is 20.1 Å². The van der Waals surface area contributed by atoms with Crippen LogP contribution in [0.2, 0.25) is 0 Å². The van der Waals surface area contributed by atoms with Gasteiger partial charge >= 0.3 is 0 Å². The number of phenols is 1. The molecule has 0 unspecified atom stereocenters. The van der Waals surface area contributed by atoms with Crippen molar-refractivity contribution in [3.63, 3.8) is 0 Å². The number of aliphatic hydroxyl groups is 1. The van der Waals surface area contributed by atoms with Crippen LogP contribution in [-0.2, 0) is 16.0 Å². The van der Waals surface area contributed by atoms with Gasteiger partial charge in [-0.15, -0.1) is 11.8 Å². The van der Waals surface area contributed by atoms with Crippen LogP contribution in [0.25, 0.3) is 0 Å². The fourth-order valence-corrected chi connectivity index (χ4v) is 6.01. The van der Waals surface area contributed by atoms with E-state index < -0.39 is 40.3 Å². The van der Waals surface area contributed by atoms with Crippen LogP contribution in [0.5, 0.6) is 17.2 Å². The molecule has 2 aromatic rings. The highest BCUT2D eigenvalue weighted by Crippen LogP contribution is 2.40. The Morgan fingerprint density at radius 3 is 2.55 bits per heavy atom. The van der Waals surface area contributed by atoms with Crippen molar-refractivity contribution in [1.82, 2.24) is 15.5 Å². The number of ether oxygens (including phenoxy) is 2. The number of carbonyl (C=O) groups excluding carboxylic acids is 3.